The normalized spacial score (nSPS) is 24.1. The predicted octanol–water partition coefficient (Wildman–Crippen LogP) is 1.56. The van der Waals surface area contributed by atoms with Gasteiger partial charge in [0.2, 0.25) is 0 Å². The third-order valence-electron chi connectivity index (χ3n) is 2.01. The van der Waals surface area contributed by atoms with Gasteiger partial charge >= 0.3 is 0 Å². The van der Waals surface area contributed by atoms with Crippen LogP contribution >= 0.6 is 0 Å². The summed E-state index contributed by atoms with van der Waals surface area (Å²) in [6, 6.07) is 0. The molecule has 0 aliphatic heterocycles. The van der Waals surface area contributed by atoms with Gasteiger partial charge in [0.25, 0.3) is 0 Å². The topological polar surface area (TPSA) is 26.3 Å². The van der Waals surface area contributed by atoms with Gasteiger partial charge in [0.05, 0.1) is 0 Å². The summed E-state index contributed by atoms with van der Waals surface area (Å²) in [5.41, 5.74) is 0. The van der Waals surface area contributed by atoms with Crippen molar-refractivity contribution in [3.8, 4) is 0 Å². The second kappa shape index (κ2) is 4.29. The third-order valence-corrected chi connectivity index (χ3v) is 2.01. The van der Waals surface area contributed by atoms with Crippen LogP contribution in [0.2, 0.25) is 0 Å². The molecule has 2 heteroatoms. The standard InChI is InChI=1S/C9H14O2/c1-11-7-6-8-2-4-9(10)5-3-8/h2,4,8H,3,5-7H2,1H3. The molecule has 0 heterocycles. The highest BCUT2D eigenvalue weighted by molar-refractivity contribution is 5.90. The van der Waals surface area contributed by atoms with Crippen LogP contribution < -0.4 is 0 Å². The molecule has 2 nitrogen and oxygen atoms in total. The summed E-state index contributed by atoms with van der Waals surface area (Å²) in [4.78, 5) is 10.8. The number of carbonyl (C=O) groups excluding carboxylic acids is 1. The van der Waals surface area contributed by atoms with Gasteiger partial charge in [-0.3, -0.25) is 4.79 Å². The highest BCUT2D eigenvalue weighted by atomic mass is 16.5. The van der Waals surface area contributed by atoms with Crippen molar-refractivity contribution in [1.82, 2.24) is 0 Å². The molecular weight excluding hydrogens is 140 g/mol. The number of hydrogen-bond donors (Lipinski definition) is 0. The van der Waals surface area contributed by atoms with Gasteiger partial charge in [-0.2, -0.15) is 0 Å². The molecule has 0 aromatic rings. The van der Waals surface area contributed by atoms with Crippen molar-refractivity contribution in [3.63, 3.8) is 0 Å². The van der Waals surface area contributed by atoms with Gasteiger partial charge in [0.1, 0.15) is 0 Å². The summed E-state index contributed by atoms with van der Waals surface area (Å²) in [7, 11) is 1.71. The fourth-order valence-corrected chi connectivity index (χ4v) is 1.26. The molecule has 0 spiro atoms. The molecule has 0 bridgehead atoms. The molecule has 1 aliphatic carbocycles. The zero-order valence-corrected chi connectivity index (χ0v) is 6.88. The van der Waals surface area contributed by atoms with E-state index in [1.807, 2.05) is 6.08 Å². The minimum Gasteiger partial charge on any atom is -0.385 e. The van der Waals surface area contributed by atoms with Crippen LogP contribution in [0.15, 0.2) is 12.2 Å². The van der Waals surface area contributed by atoms with E-state index in [1.54, 1.807) is 13.2 Å². The Morgan fingerprint density at radius 1 is 1.73 bits per heavy atom. The van der Waals surface area contributed by atoms with E-state index in [1.165, 1.54) is 0 Å². The summed E-state index contributed by atoms with van der Waals surface area (Å²) in [6.07, 6.45) is 6.46. The average molecular weight is 154 g/mol. The SMILES string of the molecule is COCCC1C=CC(=O)CC1. The molecule has 1 aliphatic rings. The summed E-state index contributed by atoms with van der Waals surface area (Å²) >= 11 is 0. The van der Waals surface area contributed by atoms with Crippen LogP contribution in [0, 0.1) is 5.92 Å². The molecule has 0 aromatic carbocycles. The highest BCUT2D eigenvalue weighted by Gasteiger charge is 2.11. The fourth-order valence-electron chi connectivity index (χ4n) is 1.26. The van der Waals surface area contributed by atoms with Gasteiger partial charge in [-0.15, -0.1) is 0 Å². The van der Waals surface area contributed by atoms with Crippen LogP contribution in [0.5, 0.6) is 0 Å². The molecular formula is C9H14O2. The quantitative estimate of drug-likeness (QED) is 0.616. The van der Waals surface area contributed by atoms with Gasteiger partial charge in [-0.25, -0.2) is 0 Å². The summed E-state index contributed by atoms with van der Waals surface area (Å²) in [5.74, 6) is 0.825. The molecule has 0 radical (unpaired) electrons. The second-order valence-corrected chi connectivity index (χ2v) is 2.91. The van der Waals surface area contributed by atoms with Crippen molar-refractivity contribution in [2.45, 2.75) is 19.3 Å². The molecule has 1 atom stereocenters. The van der Waals surface area contributed by atoms with Crippen molar-refractivity contribution in [2.24, 2.45) is 5.92 Å². The molecule has 0 N–H and O–H groups in total. The Morgan fingerprint density at radius 2 is 2.55 bits per heavy atom. The first kappa shape index (κ1) is 8.47. The number of hydrogen-bond acceptors (Lipinski definition) is 2. The van der Waals surface area contributed by atoms with Crippen molar-refractivity contribution >= 4 is 5.78 Å². The van der Waals surface area contributed by atoms with Crippen LogP contribution in [0.25, 0.3) is 0 Å². The Hall–Kier alpha value is -0.630. The van der Waals surface area contributed by atoms with Gasteiger partial charge < -0.3 is 4.74 Å². The van der Waals surface area contributed by atoms with Crippen molar-refractivity contribution in [1.29, 1.82) is 0 Å². The Bertz CT molecular complexity index is 161. The maximum absolute atomic E-state index is 10.8. The van der Waals surface area contributed by atoms with E-state index >= 15 is 0 Å². The molecule has 0 saturated heterocycles. The lowest BCUT2D eigenvalue weighted by atomic mass is 9.93. The Morgan fingerprint density at radius 3 is 3.09 bits per heavy atom. The van der Waals surface area contributed by atoms with Gasteiger partial charge in [0.15, 0.2) is 5.78 Å². The molecule has 0 amide bonds. The highest BCUT2D eigenvalue weighted by Crippen LogP contribution is 2.17. The smallest absolute Gasteiger partial charge is 0.155 e. The van der Waals surface area contributed by atoms with Gasteiger partial charge in [-0.05, 0) is 24.8 Å². The number of rotatable bonds is 3. The molecule has 0 aromatic heterocycles. The first-order valence-corrected chi connectivity index (χ1v) is 4.03. The lowest BCUT2D eigenvalue weighted by molar-refractivity contribution is -0.115. The zero-order chi connectivity index (χ0) is 8.10. The van der Waals surface area contributed by atoms with E-state index < -0.39 is 0 Å². The first-order valence-electron chi connectivity index (χ1n) is 4.03. The molecule has 0 saturated carbocycles. The summed E-state index contributed by atoms with van der Waals surface area (Å²) < 4.78 is 4.95. The summed E-state index contributed by atoms with van der Waals surface area (Å²) in [5, 5.41) is 0. The minimum absolute atomic E-state index is 0.263. The maximum atomic E-state index is 10.8. The lowest BCUT2D eigenvalue weighted by Crippen LogP contribution is -2.09. The number of ketones is 1. The molecule has 11 heavy (non-hydrogen) atoms. The number of ether oxygens (including phenoxy) is 1. The van der Waals surface area contributed by atoms with Crippen LogP contribution in [-0.2, 0) is 9.53 Å². The molecule has 0 fully saturated rings. The number of methoxy groups -OCH3 is 1. The van der Waals surface area contributed by atoms with Gasteiger partial charge in [-0.1, -0.05) is 6.08 Å². The van der Waals surface area contributed by atoms with E-state index in [0.29, 0.717) is 12.3 Å². The predicted molar refractivity (Wildman–Crippen MR) is 43.4 cm³/mol. The van der Waals surface area contributed by atoms with Gasteiger partial charge in [0, 0.05) is 20.1 Å². The average Bonchev–Trinajstić information content (AvgIpc) is 2.04. The lowest BCUT2D eigenvalue weighted by Gasteiger charge is -2.14. The van der Waals surface area contributed by atoms with E-state index in [-0.39, 0.29) is 5.78 Å². The molecule has 1 rings (SSSR count). The van der Waals surface area contributed by atoms with Crippen LogP contribution in [0.4, 0.5) is 0 Å². The Balaban J connectivity index is 2.26. The molecule has 1 unspecified atom stereocenters. The summed E-state index contributed by atoms with van der Waals surface area (Å²) in [6.45, 7) is 0.795. The third kappa shape index (κ3) is 2.85. The fraction of sp³-hybridized carbons (Fsp3) is 0.667. The van der Waals surface area contributed by atoms with E-state index in [0.717, 1.165) is 19.4 Å². The second-order valence-electron chi connectivity index (χ2n) is 2.91. The Labute approximate surface area is 67.2 Å². The maximum Gasteiger partial charge on any atom is 0.155 e. The van der Waals surface area contributed by atoms with E-state index in [9.17, 15) is 4.79 Å². The molecule has 62 valence electrons. The van der Waals surface area contributed by atoms with Crippen molar-refractivity contribution in [2.75, 3.05) is 13.7 Å². The van der Waals surface area contributed by atoms with Crippen molar-refractivity contribution in [3.05, 3.63) is 12.2 Å². The minimum atomic E-state index is 0.263. The van der Waals surface area contributed by atoms with E-state index in [2.05, 4.69) is 0 Å². The zero-order valence-electron chi connectivity index (χ0n) is 6.88. The number of allylic oxidation sites excluding steroid dienone is 2. The first-order chi connectivity index (χ1) is 5.33. The number of carbonyl (C=O) groups is 1. The van der Waals surface area contributed by atoms with Crippen LogP contribution in [0.1, 0.15) is 19.3 Å². The van der Waals surface area contributed by atoms with Crippen LogP contribution in [0.3, 0.4) is 0 Å². The monoisotopic (exact) mass is 154 g/mol. The van der Waals surface area contributed by atoms with Crippen molar-refractivity contribution < 1.29 is 9.53 Å². The largest absolute Gasteiger partial charge is 0.385 e. The van der Waals surface area contributed by atoms with E-state index in [4.69, 9.17) is 4.74 Å². The Kier molecular flexibility index (Phi) is 3.30. The van der Waals surface area contributed by atoms with Crippen LogP contribution in [-0.4, -0.2) is 19.5 Å².